The van der Waals surface area contributed by atoms with Gasteiger partial charge in [-0.2, -0.15) is 0 Å². The molecule has 1 N–H and O–H groups in total. The van der Waals surface area contributed by atoms with Gasteiger partial charge < -0.3 is 28.5 Å². The molecule has 55 heavy (non-hydrogen) atoms. The van der Waals surface area contributed by atoms with Gasteiger partial charge in [0.25, 0.3) is 5.91 Å². The molecule has 4 aromatic rings. The number of carbonyl (C=O) groups excluding carboxylic acids is 3. The van der Waals surface area contributed by atoms with E-state index in [1.165, 1.54) is 25.3 Å². The molecule has 0 bridgehead atoms. The molecule has 11 heteroatoms. The third-order valence-corrected chi connectivity index (χ3v) is 14.4. The molecule has 0 aliphatic heterocycles. The van der Waals surface area contributed by atoms with Crippen molar-refractivity contribution in [2.24, 2.45) is 0 Å². The van der Waals surface area contributed by atoms with Gasteiger partial charge in [0, 0.05) is 37.2 Å². The lowest BCUT2D eigenvalue weighted by molar-refractivity contribution is -0.142. The minimum absolute atomic E-state index is 0.0402. The van der Waals surface area contributed by atoms with E-state index in [1.807, 2.05) is 73.0 Å². The Labute approximate surface area is 326 Å². The molecule has 0 fully saturated rings. The second-order valence-corrected chi connectivity index (χ2v) is 20.0. The molecule has 294 valence electrons. The van der Waals surface area contributed by atoms with E-state index >= 15 is 0 Å². The van der Waals surface area contributed by atoms with Crippen LogP contribution in [0.1, 0.15) is 75.2 Å². The number of esters is 1. The van der Waals surface area contributed by atoms with Crippen LogP contribution in [-0.2, 0) is 30.0 Å². The van der Waals surface area contributed by atoms with Crippen molar-refractivity contribution in [3.8, 4) is 28.0 Å². The normalized spacial score (nSPS) is 12.6. The molecule has 1 aromatic heterocycles. The number of hydrogen-bond donors (Lipinski definition) is 1. The van der Waals surface area contributed by atoms with E-state index in [9.17, 15) is 18.8 Å². The van der Waals surface area contributed by atoms with Crippen LogP contribution in [0.15, 0.2) is 84.9 Å². The average molecular weight is 771 g/mol. The number of hydrogen-bond acceptors (Lipinski definition) is 7. The van der Waals surface area contributed by atoms with Crippen molar-refractivity contribution in [1.29, 1.82) is 0 Å². The van der Waals surface area contributed by atoms with E-state index in [0.29, 0.717) is 47.0 Å². The predicted molar refractivity (Wildman–Crippen MR) is 218 cm³/mol. The minimum atomic E-state index is -2.35. The second kappa shape index (κ2) is 19.1. The topological polar surface area (TPSA) is 105 Å². The molecule has 3 aromatic carbocycles. The summed E-state index contributed by atoms with van der Waals surface area (Å²) in [5.74, 6) is -0.723. The van der Waals surface area contributed by atoms with Crippen LogP contribution in [-0.4, -0.2) is 64.1 Å². The summed E-state index contributed by atoms with van der Waals surface area (Å²) in [5.41, 5.74) is 4.67. The number of rotatable bonds is 18. The lowest BCUT2D eigenvalue weighted by atomic mass is 9.94. The van der Waals surface area contributed by atoms with Crippen molar-refractivity contribution in [2.45, 2.75) is 84.3 Å². The summed E-state index contributed by atoms with van der Waals surface area (Å²) in [4.78, 5) is 40.7. The first-order chi connectivity index (χ1) is 26.1. The first kappa shape index (κ1) is 42.9. The number of ether oxygens (including phenoxy) is 3. The average Bonchev–Trinajstić information content (AvgIpc) is 3.49. The Bertz CT molecular complexity index is 1930. The lowest BCUT2D eigenvalue weighted by Crippen LogP contribution is -2.44. The molecule has 1 atom stereocenters. The number of nitrogens with one attached hydrogen (secondary N) is 1. The van der Waals surface area contributed by atoms with Crippen LogP contribution in [0.5, 0.6) is 5.75 Å². The maximum absolute atomic E-state index is 14.5. The summed E-state index contributed by atoms with van der Waals surface area (Å²) in [6.07, 6.45) is 2.42. The summed E-state index contributed by atoms with van der Waals surface area (Å²) < 4.78 is 38.5. The highest BCUT2D eigenvalue weighted by Gasteiger charge is 2.40. The molecular formula is C44H55FN2O7Si. The Kier molecular flexibility index (Phi) is 14.9. The zero-order chi connectivity index (χ0) is 40.3. The summed E-state index contributed by atoms with van der Waals surface area (Å²) in [6, 6.07) is 22.9. The van der Waals surface area contributed by atoms with Crippen molar-refractivity contribution in [3.05, 3.63) is 108 Å². The number of allylic oxidation sites excluding steroid dienone is 1. The monoisotopic (exact) mass is 770 g/mol. The molecule has 4 rings (SSSR count). The fraction of sp³-hybridized carbons (Fsp3) is 0.386. The Morgan fingerprint density at radius 1 is 0.855 bits per heavy atom. The van der Waals surface area contributed by atoms with Gasteiger partial charge in [-0.3, -0.25) is 14.4 Å². The lowest BCUT2D eigenvalue weighted by Gasteiger charge is -2.39. The molecule has 0 radical (unpaired) electrons. The van der Waals surface area contributed by atoms with Crippen LogP contribution in [0.2, 0.25) is 18.1 Å². The highest BCUT2D eigenvalue weighted by atomic mass is 28.4. The molecule has 9 nitrogen and oxygen atoms in total. The quantitative estimate of drug-likeness (QED) is 0.0465. The van der Waals surface area contributed by atoms with Crippen LogP contribution in [0.3, 0.4) is 0 Å². The number of benzene rings is 3. The van der Waals surface area contributed by atoms with E-state index in [4.69, 9.17) is 18.6 Å². The third kappa shape index (κ3) is 11.3. The highest BCUT2D eigenvalue weighted by Crippen LogP contribution is 2.43. The van der Waals surface area contributed by atoms with Crippen molar-refractivity contribution in [3.63, 3.8) is 0 Å². The minimum Gasteiger partial charge on any atom is -0.491 e. The number of nitrogens with zero attached hydrogens (tertiary/aromatic N) is 1. The Morgan fingerprint density at radius 2 is 1.49 bits per heavy atom. The molecule has 1 amide bonds. The highest BCUT2D eigenvalue weighted by molar-refractivity contribution is 6.74. The Balaban J connectivity index is 1.81. The number of halogens is 1. The number of ketones is 1. The van der Waals surface area contributed by atoms with Crippen molar-refractivity contribution >= 4 is 32.1 Å². The molecule has 0 saturated heterocycles. The zero-order valence-corrected chi connectivity index (χ0v) is 34.5. The summed E-state index contributed by atoms with van der Waals surface area (Å²) in [6.45, 7) is 15.6. The van der Waals surface area contributed by atoms with Crippen molar-refractivity contribution in [1.82, 2.24) is 9.88 Å². The number of carbonyl (C=O) groups is 3. The maximum atomic E-state index is 14.5. The standard InChI is InChI=1S/C44H55FN2O7Si/c1-30(2)47-38(24-21-35(48)27-37(28-39(49)52-7)54-55(8,9)44(3,4)5)40(33-17-19-34(45)20-18-33)41(32-13-11-10-12-14-32)42(47)43(50)46-29-31-15-22-36(23-16-31)53-26-25-51-6/h10-24,30,37H,25-29H2,1-9H3,(H,46,50)/b24-21+/t37-/m0/s1. The van der Waals surface area contributed by atoms with Gasteiger partial charge in [0.1, 0.15) is 23.9 Å². The van der Waals surface area contributed by atoms with Gasteiger partial charge in [-0.15, -0.1) is 0 Å². The fourth-order valence-electron chi connectivity index (χ4n) is 6.02. The van der Waals surface area contributed by atoms with Crippen LogP contribution in [0.25, 0.3) is 28.3 Å². The van der Waals surface area contributed by atoms with Crippen molar-refractivity contribution < 1.29 is 37.4 Å². The zero-order valence-electron chi connectivity index (χ0n) is 33.5. The van der Waals surface area contributed by atoms with E-state index in [1.54, 1.807) is 25.3 Å². The fourth-order valence-corrected chi connectivity index (χ4v) is 7.37. The molecule has 0 aliphatic carbocycles. The van der Waals surface area contributed by atoms with Gasteiger partial charge in [0.15, 0.2) is 14.1 Å². The number of amides is 1. The van der Waals surface area contributed by atoms with Gasteiger partial charge in [0.2, 0.25) is 0 Å². The number of methoxy groups -OCH3 is 2. The van der Waals surface area contributed by atoms with Gasteiger partial charge in [0.05, 0.1) is 31.9 Å². The molecule has 0 aliphatic rings. The largest absolute Gasteiger partial charge is 0.491 e. The van der Waals surface area contributed by atoms with Gasteiger partial charge >= 0.3 is 5.97 Å². The SMILES string of the molecule is COCCOc1ccc(CNC(=O)c2c(-c3ccccc3)c(-c3ccc(F)cc3)c(/C=C/C(=O)C[C@@H](CC(=O)OC)O[Si](C)(C)C(C)(C)C)n2C(C)C)cc1. The van der Waals surface area contributed by atoms with Gasteiger partial charge in [-0.1, -0.05) is 75.4 Å². The molecule has 0 unspecified atom stereocenters. The van der Waals surface area contributed by atoms with Crippen molar-refractivity contribution in [2.75, 3.05) is 27.4 Å². The summed E-state index contributed by atoms with van der Waals surface area (Å²) >= 11 is 0. The smallest absolute Gasteiger partial charge is 0.308 e. The summed E-state index contributed by atoms with van der Waals surface area (Å²) in [5, 5.41) is 2.97. The Hall–Kier alpha value is -4.84. The maximum Gasteiger partial charge on any atom is 0.308 e. The number of aromatic nitrogens is 1. The molecular weight excluding hydrogens is 716 g/mol. The summed E-state index contributed by atoms with van der Waals surface area (Å²) in [7, 11) is 0.582. The van der Waals surface area contributed by atoms with Crippen LogP contribution in [0, 0.1) is 5.82 Å². The van der Waals surface area contributed by atoms with Crippen LogP contribution < -0.4 is 10.1 Å². The Morgan fingerprint density at radius 3 is 2.07 bits per heavy atom. The van der Waals surface area contributed by atoms with Gasteiger partial charge in [-0.05, 0) is 85.1 Å². The van der Waals surface area contributed by atoms with Crippen LogP contribution in [0.4, 0.5) is 4.39 Å². The first-order valence-corrected chi connectivity index (χ1v) is 21.5. The molecule has 0 spiro atoms. The molecule has 0 saturated carbocycles. The molecule has 1 heterocycles. The predicted octanol–water partition coefficient (Wildman–Crippen LogP) is 9.42. The van der Waals surface area contributed by atoms with E-state index < -0.39 is 26.2 Å². The second-order valence-electron chi connectivity index (χ2n) is 15.3. The third-order valence-electron chi connectivity index (χ3n) is 9.85. The van der Waals surface area contributed by atoms with E-state index in [-0.39, 0.29) is 42.2 Å². The van der Waals surface area contributed by atoms with Gasteiger partial charge in [-0.25, -0.2) is 4.39 Å². The first-order valence-electron chi connectivity index (χ1n) is 18.6. The van der Waals surface area contributed by atoms with E-state index in [2.05, 4.69) is 39.2 Å². The van der Waals surface area contributed by atoms with Crippen LogP contribution >= 0.6 is 0 Å². The van der Waals surface area contributed by atoms with E-state index in [0.717, 1.165) is 11.1 Å².